The third kappa shape index (κ3) is 4.16. The number of methoxy groups -OCH3 is 1. The monoisotopic (exact) mass is 337 g/mol. The number of nitrogens with two attached hydrogens (primary N) is 1. The lowest BCUT2D eigenvalue weighted by Gasteiger charge is -2.09. The van der Waals surface area contributed by atoms with E-state index in [-0.39, 0.29) is 18.1 Å². The third-order valence-corrected chi connectivity index (χ3v) is 3.72. The second-order valence-electron chi connectivity index (χ2n) is 4.64. The van der Waals surface area contributed by atoms with Crippen LogP contribution in [0.2, 0.25) is 0 Å². The van der Waals surface area contributed by atoms with Crippen LogP contribution in [-0.4, -0.2) is 37.7 Å². The van der Waals surface area contributed by atoms with Crippen molar-refractivity contribution in [3.63, 3.8) is 0 Å². The highest BCUT2D eigenvalue weighted by Gasteiger charge is 2.18. The average molecular weight is 337 g/mol. The molecule has 0 saturated carbocycles. The summed E-state index contributed by atoms with van der Waals surface area (Å²) in [6.07, 6.45) is 1.99. The number of ether oxygens (including phenoxy) is 2. The number of sulfone groups is 1. The van der Waals surface area contributed by atoms with E-state index in [1.807, 2.05) is 0 Å². The van der Waals surface area contributed by atoms with Crippen molar-refractivity contribution < 1.29 is 22.7 Å². The van der Waals surface area contributed by atoms with Crippen LogP contribution < -0.4 is 15.2 Å². The second-order valence-corrected chi connectivity index (χ2v) is 6.55. The van der Waals surface area contributed by atoms with E-state index in [0.717, 1.165) is 18.0 Å². The minimum atomic E-state index is -3.63. The molecule has 0 spiro atoms. The summed E-state index contributed by atoms with van der Waals surface area (Å²) in [4.78, 5) is 18.8. The number of nitrogens with zero attached hydrogens (tertiary/aromatic N) is 2. The minimum Gasteiger partial charge on any atom is -0.497 e. The van der Waals surface area contributed by atoms with Crippen molar-refractivity contribution in [1.29, 1.82) is 0 Å². The number of aromatic nitrogens is 2. The zero-order chi connectivity index (χ0) is 17.0. The van der Waals surface area contributed by atoms with Crippen molar-refractivity contribution in [2.45, 2.75) is 11.8 Å². The van der Waals surface area contributed by atoms with Crippen molar-refractivity contribution in [1.82, 2.24) is 9.97 Å². The van der Waals surface area contributed by atoms with E-state index in [0.29, 0.717) is 5.75 Å². The molecule has 2 aromatic rings. The van der Waals surface area contributed by atoms with E-state index < -0.39 is 20.9 Å². The van der Waals surface area contributed by atoms with Crippen LogP contribution in [0.1, 0.15) is 15.9 Å². The summed E-state index contributed by atoms with van der Waals surface area (Å²) in [5.74, 6) is -0.300. The lowest BCUT2D eigenvalue weighted by Crippen LogP contribution is -2.16. The largest absolute Gasteiger partial charge is 0.497 e. The molecular weight excluding hydrogens is 322 g/mol. The van der Waals surface area contributed by atoms with Gasteiger partial charge in [-0.15, -0.1) is 0 Å². The second kappa shape index (κ2) is 6.61. The Morgan fingerprint density at radius 3 is 2.43 bits per heavy atom. The van der Waals surface area contributed by atoms with E-state index >= 15 is 0 Å². The Balaban J connectivity index is 2.27. The smallest absolute Gasteiger partial charge is 0.255 e. The number of primary amides is 1. The summed E-state index contributed by atoms with van der Waals surface area (Å²) >= 11 is 0. The maximum absolute atomic E-state index is 11.5. The topological polar surface area (TPSA) is 121 Å². The number of carbonyl (C=O) groups excluding carboxylic acids is 1. The summed E-state index contributed by atoms with van der Waals surface area (Å²) in [7, 11) is -2.08. The molecule has 0 unspecified atom stereocenters. The number of carbonyl (C=O) groups is 1. The van der Waals surface area contributed by atoms with Gasteiger partial charge in [0.05, 0.1) is 7.11 Å². The molecule has 1 amide bonds. The van der Waals surface area contributed by atoms with Crippen LogP contribution in [0.25, 0.3) is 0 Å². The van der Waals surface area contributed by atoms with Gasteiger partial charge in [-0.3, -0.25) is 4.79 Å². The Bertz CT molecular complexity index is 819. The first kappa shape index (κ1) is 16.7. The first-order valence-electron chi connectivity index (χ1n) is 6.44. The molecule has 1 aromatic carbocycles. The predicted octanol–water partition coefficient (Wildman–Crippen LogP) is 0.567. The fourth-order valence-electron chi connectivity index (χ4n) is 1.68. The van der Waals surface area contributed by atoms with Crippen molar-refractivity contribution in [2.24, 2.45) is 5.73 Å². The van der Waals surface area contributed by atoms with E-state index in [1.165, 1.54) is 0 Å². The van der Waals surface area contributed by atoms with Crippen LogP contribution in [0.5, 0.6) is 11.6 Å². The van der Waals surface area contributed by atoms with Gasteiger partial charge in [0, 0.05) is 12.5 Å². The lowest BCUT2D eigenvalue weighted by molar-refractivity contribution is 0.0994. The van der Waals surface area contributed by atoms with Gasteiger partial charge in [-0.2, -0.15) is 4.98 Å². The quantitative estimate of drug-likeness (QED) is 0.764. The Hall–Kier alpha value is -2.68. The molecule has 0 radical (unpaired) electrons. The predicted molar refractivity (Wildman–Crippen MR) is 81.0 cm³/mol. The molecule has 9 heteroatoms. The fraction of sp³-hybridized carbons (Fsp3) is 0.214. The molecule has 0 saturated heterocycles. The maximum Gasteiger partial charge on any atom is 0.255 e. The van der Waals surface area contributed by atoms with E-state index in [1.54, 1.807) is 31.4 Å². The van der Waals surface area contributed by atoms with Gasteiger partial charge in [0.1, 0.15) is 17.9 Å². The molecule has 23 heavy (non-hydrogen) atoms. The molecule has 2 rings (SSSR count). The molecule has 1 aromatic heterocycles. The molecule has 0 aliphatic carbocycles. The van der Waals surface area contributed by atoms with Crippen molar-refractivity contribution in [2.75, 3.05) is 13.4 Å². The number of amides is 1. The van der Waals surface area contributed by atoms with Crippen molar-refractivity contribution in [3.8, 4) is 11.6 Å². The van der Waals surface area contributed by atoms with Crippen LogP contribution in [0, 0.1) is 0 Å². The Labute approximate surface area is 133 Å². The molecule has 2 N–H and O–H groups in total. The lowest BCUT2D eigenvalue weighted by atomic mass is 10.2. The van der Waals surface area contributed by atoms with Crippen LogP contribution in [0.4, 0.5) is 0 Å². The highest BCUT2D eigenvalue weighted by molar-refractivity contribution is 7.90. The number of rotatable bonds is 6. The number of hydrogen-bond donors (Lipinski definition) is 1. The third-order valence-electron chi connectivity index (χ3n) is 2.86. The fourth-order valence-corrected chi connectivity index (χ4v) is 2.18. The van der Waals surface area contributed by atoms with Gasteiger partial charge >= 0.3 is 0 Å². The zero-order valence-corrected chi connectivity index (χ0v) is 13.3. The van der Waals surface area contributed by atoms with Gasteiger partial charge in [-0.25, -0.2) is 13.4 Å². The molecule has 122 valence electrons. The van der Waals surface area contributed by atoms with E-state index in [2.05, 4.69) is 9.97 Å². The van der Waals surface area contributed by atoms with Gasteiger partial charge in [-0.1, -0.05) is 12.1 Å². The van der Waals surface area contributed by atoms with Crippen molar-refractivity contribution in [3.05, 3.63) is 41.6 Å². The Morgan fingerprint density at radius 1 is 1.26 bits per heavy atom. The normalized spacial score (nSPS) is 11.0. The van der Waals surface area contributed by atoms with Crippen LogP contribution in [0.3, 0.4) is 0 Å². The molecule has 0 aliphatic rings. The summed E-state index contributed by atoms with van der Waals surface area (Å²) < 4.78 is 33.5. The molecule has 0 aliphatic heterocycles. The molecule has 8 nitrogen and oxygen atoms in total. The standard InChI is InChI=1S/C14H15N3O5S/c1-21-10-5-3-9(4-6-10)8-22-13-11(12(15)18)7-16-14(17-13)23(2,19)20/h3-7H,8H2,1-2H3,(H2,15,18). The molecule has 0 atom stereocenters. The summed E-state index contributed by atoms with van der Waals surface area (Å²) in [6, 6.07) is 7.02. The summed E-state index contributed by atoms with van der Waals surface area (Å²) in [6.45, 7) is 0.0739. The molecule has 0 bridgehead atoms. The summed E-state index contributed by atoms with van der Waals surface area (Å²) in [5, 5.41) is -0.438. The summed E-state index contributed by atoms with van der Waals surface area (Å²) in [5.41, 5.74) is 5.90. The molecule has 0 fully saturated rings. The Kier molecular flexibility index (Phi) is 4.80. The van der Waals surface area contributed by atoms with Crippen LogP contribution in [0.15, 0.2) is 35.6 Å². The maximum atomic E-state index is 11.5. The zero-order valence-electron chi connectivity index (χ0n) is 12.5. The number of benzene rings is 1. The van der Waals surface area contributed by atoms with E-state index in [9.17, 15) is 13.2 Å². The minimum absolute atomic E-state index is 0.0739. The van der Waals surface area contributed by atoms with Crippen molar-refractivity contribution >= 4 is 15.7 Å². The van der Waals surface area contributed by atoms with Gasteiger partial charge in [0.15, 0.2) is 0 Å². The van der Waals surface area contributed by atoms with Crippen LogP contribution in [-0.2, 0) is 16.4 Å². The van der Waals surface area contributed by atoms with Gasteiger partial charge in [0.25, 0.3) is 5.91 Å². The first-order chi connectivity index (χ1) is 10.8. The van der Waals surface area contributed by atoms with Gasteiger partial charge < -0.3 is 15.2 Å². The van der Waals surface area contributed by atoms with Gasteiger partial charge in [0.2, 0.25) is 20.9 Å². The van der Waals surface area contributed by atoms with Gasteiger partial charge in [-0.05, 0) is 17.7 Å². The highest BCUT2D eigenvalue weighted by atomic mass is 32.2. The number of hydrogen-bond acceptors (Lipinski definition) is 7. The Morgan fingerprint density at radius 2 is 1.91 bits per heavy atom. The molecular formula is C14H15N3O5S. The SMILES string of the molecule is COc1ccc(COc2nc(S(C)(=O)=O)ncc2C(N)=O)cc1. The first-order valence-corrected chi connectivity index (χ1v) is 8.33. The average Bonchev–Trinajstić information content (AvgIpc) is 2.52. The van der Waals surface area contributed by atoms with E-state index in [4.69, 9.17) is 15.2 Å². The highest BCUT2D eigenvalue weighted by Crippen LogP contribution is 2.19. The van der Waals surface area contributed by atoms with Crippen LogP contribution >= 0.6 is 0 Å². The molecule has 1 heterocycles.